The largest absolute Gasteiger partial charge is 0.486 e. The Morgan fingerprint density at radius 1 is 0.310 bits per heavy atom. The first-order valence-corrected chi connectivity index (χ1v) is 36.3. The summed E-state index contributed by atoms with van der Waals surface area (Å²) in [6.45, 7) is 1.93. The topological polar surface area (TPSA) is 164 Å². The summed E-state index contributed by atoms with van der Waals surface area (Å²) >= 11 is 0. The molecule has 0 aromatic rings. The van der Waals surface area contributed by atoms with Gasteiger partial charge in [0.05, 0.1) is 0 Å². The van der Waals surface area contributed by atoms with Gasteiger partial charge < -0.3 is 56.5 Å². The van der Waals surface area contributed by atoms with Crippen molar-refractivity contribution < 1.29 is 78.2 Å². The van der Waals surface area contributed by atoms with Crippen molar-refractivity contribution in [2.24, 2.45) is 0 Å². The Labute approximate surface area is 369 Å². The molecular weight excluding hydrogens is 897 g/mol. The molecule has 10 fully saturated rings. The molecule has 0 spiro atoms. The van der Waals surface area contributed by atoms with E-state index < -0.39 is 61.6 Å². The monoisotopic (exact) mass is 968 g/mol. The molecule has 7 saturated carbocycles. The normalized spacial score (nSPS) is 45.5. The van der Waals surface area contributed by atoms with Crippen LogP contribution in [-0.4, -0.2) is 87.7 Å². The Hall–Kier alpha value is 1.71. The molecule has 3 saturated heterocycles. The van der Waals surface area contributed by atoms with Crippen LogP contribution in [0.25, 0.3) is 0 Å². The molecule has 0 atom stereocenters. The predicted octanol–water partition coefficient (Wildman–Crippen LogP) is 8.33. The van der Waals surface area contributed by atoms with E-state index in [0.29, 0.717) is 0 Å². The van der Waals surface area contributed by atoms with Crippen LogP contribution in [-0.2, 0) is 58.8 Å². The average molecular weight is 969 g/mol. The van der Waals surface area contributed by atoms with Crippen LogP contribution in [0.5, 0.6) is 0 Å². The van der Waals surface area contributed by atoms with Crippen molar-refractivity contribution in [2.75, 3.05) is 6.61 Å². The number of fused-ring (bicyclic) bond motifs is 3. The SMILES string of the molecule is CCO.O[Si]1(C2CCCC2)O[Si]2(C3CCCC3)O[Si](O)(C3CCCC3)O[Si]3(C4CCCC4)O[Si](O)(C4CCCC4)O[Si](C4CCCC4)(O1)O[Si](C1CCCC1)(O2)O3.[Ti]. The van der Waals surface area contributed by atoms with Gasteiger partial charge >= 0.3 is 61.6 Å². The number of hydrogen-bond donors (Lipinski definition) is 4. The van der Waals surface area contributed by atoms with Crippen molar-refractivity contribution in [3.8, 4) is 0 Å². The van der Waals surface area contributed by atoms with E-state index in [4.69, 9.17) is 42.1 Å². The molecule has 13 nitrogen and oxygen atoms in total. The van der Waals surface area contributed by atoms with Gasteiger partial charge in [-0.2, -0.15) is 0 Å². The third-order valence-corrected chi connectivity index (χ3v) is 47.4. The second-order valence-electron chi connectivity index (χ2n) is 19.4. The summed E-state index contributed by atoms with van der Waals surface area (Å²) < 4.78 is 69.7. The van der Waals surface area contributed by atoms with Crippen LogP contribution < -0.4 is 0 Å². The van der Waals surface area contributed by atoms with Crippen molar-refractivity contribution in [1.82, 2.24) is 0 Å². The maximum Gasteiger partial charge on any atom is 0.486 e. The minimum Gasteiger partial charge on any atom is -0.397 e. The number of aliphatic hydroxyl groups excluding tert-OH is 1. The van der Waals surface area contributed by atoms with Gasteiger partial charge in [0.25, 0.3) is 0 Å². The molecule has 0 unspecified atom stereocenters. The maximum atomic E-state index is 13.6. The molecule has 0 radical (unpaired) electrons. The van der Waals surface area contributed by atoms with Gasteiger partial charge in [-0.05, 0) is 96.8 Å². The number of hydrogen-bond acceptors (Lipinski definition) is 13. The Morgan fingerprint density at radius 2 is 0.448 bits per heavy atom. The first kappa shape index (κ1) is 46.2. The molecule has 330 valence electrons. The van der Waals surface area contributed by atoms with Crippen molar-refractivity contribution in [1.29, 1.82) is 0 Å². The third-order valence-electron chi connectivity index (χ3n) is 15.6. The Morgan fingerprint density at radius 3 is 0.621 bits per heavy atom. The molecule has 21 heteroatoms. The van der Waals surface area contributed by atoms with Crippen LogP contribution in [0.2, 0.25) is 38.8 Å². The molecule has 58 heavy (non-hydrogen) atoms. The van der Waals surface area contributed by atoms with Crippen LogP contribution >= 0.6 is 0 Å². The molecule has 4 bridgehead atoms. The second kappa shape index (κ2) is 18.5. The summed E-state index contributed by atoms with van der Waals surface area (Å²) in [7, 11) is -29.1. The summed E-state index contributed by atoms with van der Waals surface area (Å²) in [5.41, 5.74) is -1.09. The summed E-state index contributed by atoms with van der Waals surface area (Å²) in [4.78, 5) is 40.7. The van der Waals surface area contributed by atoms with Crippen molar-refractivity contribution >= 4 is 61.6 Å². The van der Waals surface area contributed by atoms with Gasteiger partial charge in [-0.25, -0.2) is 0 Å². The molecule has 0 amide bonds. The van der Waals surface area contributed by atoms with Crippen LogP contribution in [0, 0.1) is 0 Å². The van der Waals surface area contributed by atoms with Crippen molar-refractivity contribution in [3.63, 3.8) is 0 Å². The molecular formula is C37H72O13Si7Ti. The van der Waals surface area contributed by atoms with E-state index in [2.05, 4.69) is 0 Å². The molecule has 0 aromatic carbocycles. The Bertz CT molecular complexity index is 1200. The maximum absolute atomic E-state index is 13.6. The number of aliphatic hydroxyl groups is 1. The molecule has 3 aliphatic heterocycles. The Kier molecular flexibility index (Phi) is 14.8. The van der Waals surface area contributed by atoms with Gasteiger partial charge in [0.1, 0.15) is 0 Å². The van der Waals surface area contributed by atoms with E-state index in [1.807, 2.05) is 0 Å². The van der Waals surface area contributed by atoms with Gasteiger partial charge in [-0.1, -0.05) is 89.9 Å². The van der Waals surface area contributed by atoms with Crippen molar-refractivity contribution in [2.45, 2.75) is 225 Å². The summed E-state index contributed by atoms with van der Waals surface area (Å²) in [5.74, 6) is 0. The summed E-state index contributed by atoms with van der Waals surface area (Å²) in [5, 5.41) is 7.57. The zero-order valence-electron chi connectivity index (χ0n) is 35.0. The average Bonchev–Trinajstić information content (AvgIpc) is 4.04. The quantitative estimate of drug-likeness (QED) is 0.180. The minimum absolute atomic E-state index is 0. The second-order valence-corrected chi connectivity index (χ2v) is 41.1. The van der Waals surface area contributed by atoms with Gasteiger partial charge in [0.2, 0.25) is 0 Å². The van der Waals surface area contributed by atoms with Crippen LogP contribution in [0.4, 0.5) is 0 Å². The standard InChI is InChI=1S/C35H66O12Si7.C2H6O.Ti/c36-48(29-15-1-2-16-29)39-51(32-21-7-8-22-32)41-49(37,30-17-3-4-18-30)43-53(34-25-11-12-26-34)44-50(38,31-19-5-6-20-31)42-52(40-48,33-23-9-10-24-33)46-54(45-51,47-53)35-27-13-14-28-35;1-2-3;/h29-38H,1-28H2;3H,2H2,1H3;. The van der Waals surface area contributed by atoms with Crippen LogP contribution in [0.15, 0.2) is 0 Å². The van der Waals surface area contributed by atoms with Crippen molar-refractivity contribution in [3.05, 3.63) is 0 Å². The van der Waals surface area contributed by atoms with E-state index in [0.717, 1.165) is 180 Å². The summed E-state index contributed by atoms with van der Waals surface area (Å²) in [6, 6.07) is 0. The van der Waals surface area contributed by atoms with E-state index in [1.165, 1.54) is 0 Å². The van der Waals surface area contributed by atoms with E-state index in [9.17, 15) is 14.4 Å². The van der Waals surface area contributed by atoms with Gasteiger partial charge in [-0.15, -0.1) is 0 Å². The first-order valence-electron chi connectivity index (χ1n) is 23.6. The Balaban J connectivity index is 0.00000114. The van der Waals surface area contributed by atoms with E-state index in [1.54, 1.807) is 6.92 Å². The summed E-state index contributed by atoms with van der Waals surface area (Å²) in [6.07, 6.45) is 25.6. The van der Waals surface area contributed by atoms with Crippen LogP contribution in [0.3, 0.4) is 0 Å². The molecule has 7 aliphatic carbocycles. The van der Waals surface area contributed by atoms with E-state index in [-0.39, 0.29) is 67.1 Å². The molecule has 0 aromatic heterocycles. The fourth-order valence-corrected chi connectivity index (χ4v) is 55.2. The molecule has 10 rings (SSSR count). The zero-order valence-corrected chi connectivity index (χ0v) is 43.6. The zero-order chi connectivity index (χ0) is 39.4. The number of rotatable bonds is 7. The van der Waals surface area contributed by atoms with Gasteiger partial charge in [0, 0.05) is 67.1 Å². The third kappa shape index (κ3) is 8.62. The fraction of sp³-hybridized carbons (Fsp3) is 1.00. The fourth-order valence-electron chi connectivity index (χ4n) is 12.6. The minimum atomic E-state index is -4.28. The van der Waals surface area contributed by atoms with Gasteiger partial charge in [-0.3, -0.25) is 0 Å². The molecule has 10 aliphatic rings. The predicted molar refractivity (Wildman–Crippen MR) is 225 cm³/mol. The van der Waals surface area contributed by atoms with Gasteiger partial charge in [0.15, 0.2) is 0 Å². The molecule has 4 N–H and O–H groups in total. The van der Waals surface area contributed by atoms with E-state index >= 15 is 0 Å². The smallest absolute Gasteiger partial charge is 0.397 e. The van der Waals surface area contributed by atoms with Crippen LogP contribution in [0.1, 0.15) is 187 Å². The molecule has 3 heterocycles. The first-order chi connectivity index (χ1) is 27.5.